The van der Waals surface area contributed by atoms with E-state index >= 15 is 0 Å². The molecule has 6 atom stereocenters. The molecular formula is C12H21NO6S2. The summed E-state index contributed by atoms with van der Waals surface area (Å²) >= 11 is 4.56. The van der Waals surface area contributed by atoms with Gasteiger partial charge in [-0.1, -0.05) is 0 Å². The minimum atomic E-state index is -1.55. The lowest BCUT2D eigenvalue weighted by Crippen LogP contribution is -2.64. The van der Waals surface area contributed by atoms with Gasteiger partial charge in [-0.25, -0.2) is 0 Å². The Morgan fingerprint density at radius 1 is 1.33 bits per heavy atom. The van der Waals surface area contributed by atoms with Crippen LogP contribution in [-0.4, -0.2) is 78.6 Å². The molecule has 0 amide bonds. The van der Waals surface area contributed by atoms with Crippen molar-refractivity contribution in [2.75, 3.05) is 18.6 Å². The zero-order valence-corrected chi connectivity index (χ0v) is 13.3. The van der Waals surface area contributed by atoms with Crippen molar-refractivity contribution in [1.82, 2.24) is 0 Å². The molecule has 1 aliphatic rings. The Bertz CT molecular complexity index is 415. The second kappa shape index (κ2) is 8.40. The van der Waals surface area contributed by atoms with Crippen LogP contribution >= 0.6 is 12.2 Å². The van der Waals surface area contributed by atoms with Crippen LogP contribution in [0.15, 0.2) is 4.99 Å². The first-order valence-electron chi connectivity index (χ1n) is 6.60. The molecule has 0 radical (unpaired) electrons. The highest BCUT2D eigenvalue weighted by atomic mass is 32.2. The van der Waals surface area contributed by atoms with Crippen LogP contribution in [0.2, 0.25) is 0 Å². The van der Waals surface area contributed by atoms with E-state index < -0.39 is 47.5 Å². The molecule has 122 valence electrons. The quantitative estimate of drug-likeness (QED) is 0.261. The highest BCUT2D eigenvalue weighted by Crippen LogP contribution is 2.35. The van der Waals surface area contributed by atoms with E-state index in [0.717, 1.165) is 0 Å². The molecule has 9 heteroatoms. The fraction of sp³-hybridized carbons (Fsp3) is 0.917. The maximum Gasteiger partial charge on any atom is 0.197 e. The van der Waals surface area contributed by atoms with Gasteiger partial charge in [-0.05, 0) is 25.1 Å². The van der Waals surface area contributed by atoms with Gasteiger partial charge in [0, 0.05) is 29.2 Å². The van der Waals surface area contributed by atoms with E-state index in [2.05, 4.69) is 22.4 Å². The molecule has 0 aromatic carbocycles. The summed E-state index contributed by atoms with van der Waals surface area (Å²) in [7, 11) is -0.919. The normalized spacial score (nSPS) is 37.8. The lowest BCUT2D eigenvalue weighted by molar-refractivity contribution is -0.273. The van der Waals surface area contributed by atoms with E-state index in [0.29, 0.717) is 18.6 Å². The van der Waals surface area contributed by atoms with E-state index in [1.54, 1.807) is 6.26 Å². The Labute approximate surface area is 131 Å². The number of thiocarbonyl (C=S) groups is 1. The monoisotopic (exact) mass is 339 g/mol. The second-order valence-corrected chi connectivity index (χ2v) is 6.78. The fourth-order valence-electron chi connectivity index (χ4n) is 2.34. The molecule has 4 N–H and O–H groups in total. The molecule has 0 saturated carbocycles. The number of hydrogen-bond acceptors (Lipinski definition) is 8. The first-order valence-corrected chi connectivity index (χ1v) is 8.73. The van der Waals surface area contributed by atoms with Gasteiger partial charge in [-0.15, -0.1) is 0 Å². The summed E-state index contributed by atoms with van der Waals surface area (Å²) in [5.74, 6) is 0.502. The first-order chi connectivity index (χ1) is 9.88. The summed E-state index contributed by atoms with van der Waals surface area (Å²) in [5.41, 5.74) is -1.55. The molecular weight excluding hydrogens is 318 g/mol. The minimum Gasteiger partial charge on any atom is -0.394 e. The number of rotatable bonds is 7. The standard InChI is InChI=1S/C12H21NO6S2/c1-21(18)5-3-2-4-12(13-7-20)11(17)10(16)9(15)8(6-14)19-12/h8-11,14-17H,2-6H2,1H3/t8-,9-,10+,11-,12?,21?/m1/s1. The number of unbranched alkanes of at least 4 members (excludes halogenated alkanes) is 1. The van der Waals surface area contributed by atoms with Gasteiger partial charge in [0.2, 0.25) is 0 Å². The molecule has 1 heterocycles. The van der Waals surface area contributed by atoms with Crippen LogP contribution in [0, 0.1) is 0 Å². The number of aliphatic hydroxyl groups is 4. The van der Waals surface area contributed by atoms with Crippen LogP contribution in [-0.2, 0) is 15.5 Å². The van der Waals surface area contributed by atoms with E-state index in [4.69, 9.17) is 4.74 Å². The Balaban J connectivity index is 2.85. The van der Waals surface area contributed by atoms with Gasteiger partial charge >= 0.3 is 0 Å². The molecule has 0 spiro atoms. The molecule has 0 aliphatic carbocycles. The lowest BCUT2D eigenvalue weighted by Gasteiger charge is -2.45. The molecule has 1 fully saturated rings. The summed E-state index contributed by atoms with van der Waals surface area (Å²) in [6.07, 6.45) is -2.54. The summed E-state index contributed by atoms with van der Waals surface area (Å²) < 4.78 is 16.5. The highest BCUT2D eigenvalue weighted by Gasteiger charge is 2.53. The van der Waals surface area contributed by atoms with Gasteiger partial charge in [0.1, 0.15) is 24.4 Å². The van der Waals surface area contributed by atoms with Crippen molar-refractivity contribution in [3.8, 4) is 0 Å². The number of aliphatic imine (C=N–C) groups is 1. The predicted molar refractivity (Wildman–Crippen MR) is 80.5 cm³/mol. The van der Waals surface area contributed by atoms with Crippen molar-refractivity contribution in [3.63, 3.8) is 0 Å². The van der Waals surface area contributed by atoms with Gasteiger partial charge in [0.15, 0.2) is 5.72 Å². The van der Waals surface area contributed by atoms with Crippen molar-refractivity contribution in [2.24, 2.45) is 4.99 Å². The summed E-state index contributed by atoms with van der Waals surface area (Å²) in [5, 5.41) is 41.1. The third-order valence-electron chi connectivity index (χ3n) is 3.50. The van der Waals surface area contributed by atoms with Crippen molar-refractivity contribution in [1.29, 1.82) is 0 Å². The van der Waals surface area contributed by atoms with Gasteiger partial charge in [-0.3, -0.25) is 4.21 Å². The molecule has 1 saturated heterocycles. The van der Waals surface area contributed by atoms with Crippen LogP contribution < -0.4 is 0 Å². The molecule has 21 heavy (non-hydrogen) atoms. The van der Waals surface area contributed by atoms with Gasteiger partial charge in [-0.2, -0.15) is 4.99 Å². The SMILES string of the molecule is CS(=O)CCCCC1(N=C=S)O[C@H](CO)[C@@H](O)[C@H](O)[C@H]1O. The molecule has 0 bridgehead atoms. The van der Waals surface area contributed by atoms with E-state index in [1.165, 1.54) is 0 Å². The van der Waals surface area contributed by atoms with Crippen LogP contribution in [0.25, 0.3) is 0 Å². The van der Waals surface area contributed by atoms with Crippen molar-refractivity contribution >= 4 is 28.2 Å². The van der Waals surface area contributed by atoms with E-state index in [1.807, 2.05) is 0 Å². The van der Waals surface area contributed by atoms with Crippen LogP contribution in [0.1, 0.15) is 19.3 Å². The zero-order chi connectivity index (χ0) is 16.0. The Hall–Kier alpha value is -0.250. The molecule has 2 unspecified atom stereocenters. The topological polar surface area (TPSA) is 120 Å². The summed E-state index contributed by atoms with van der Waals surface area (Å²) in [6.45, 7) is -0.529. The van der Waals surface area contributed by atoms with Gasteiger partial charge in [0.25, 0.3) is 0 Å². The largest absolute Gasteiger partial charge is 0.394 e. The minimum absolute atomic E-state index is 0.204. The van der Waals surface area contributed by atoms with Crippen LogP contribution in [0.4, 0.5) is 0 Å². The van der Waals surface area contributed by atoms with Crippen molar-refractivity contribution < 1.29 is 29.4 Å². The predicted octanol–water partition coefficient (Wildman–Crippen LogP) is -1.19. The second-order valence-electron chi connectivity index (χ2n) is 5.05. The third kappa shape index (κ3) is 4.61. The van der Waals surface area contributed by atoms with Crippen molar-refractivity contribution in [2.45, 2.75) is 49.4 Å². The Morgan fingerprint density at radius 3 is 2.52 bits per heavy atom. The van der Waals surface area contributed by atoms with E-state index in [9.17, 15) is 24.6 Å². The fourth-order valence-corrected chi connectivity index (χ4v) is 3.10. The maximum atomic E-state index is 11.0. The maximum absolute atomic E-state index is 11.0. The number of nitrogens with zero attached hydrogens (tertiary/aromatic N) is 1. The third-order valence-corrected chi connectivity index (χ3v) is 4.46. The molecule has 7 nitrogen and oxygen atoms in total. The van der Waals surface area contributed by atoms with E-state index in [-0.39, 0.29) is 6.42 Å². The highest BCUT2D eigenvalue weighted by molar-refractivity contribution is 7.84. The summed E-state index contributed by atoms with van der Waals surface area (Å²) in [4.78, 5) is 3.83. The number of aliphatic hydroxyl groups excluding tert-OH is 4. The van der Waals surface area contributed by atoms with Gasteiger partial charge < -0.3 is 25.2 Å². The lowest BCUT2D eigenvalue weighted by atomic mass is 9.88. The number of hydrogen-bond donors (Lipinski definition) is 4. The molecule has 0 aromatic rings. The average Bonchev–Trinajstić information content (AvgIpc) is 2.45. The molecule has 1 rings (SSSR count). The molecule has 0 aromatic heterocycles. The van der Waals surface area contributed by atoms with Crippen molar-refractivity contribution in [3.05, 3.63) is 0 Å². The average molecular weight is 339 g/mol. The van der Waals surface area contributed by atoms with Gasteiger partial charge in [0.05, 0.1) is 11.8 Å². The summed E-state index contributed by atoms with van der Waals surface area (Å²) in [6, 6.07) is 0. The van der Waals surface area contributed by atoms with Crippen LogP contribution in [0.5, 0.6) is 0 Å². The Morgan fingerprint density at radius 2 is 2.00 bits per heavy atom. The first kappa shape index (κ1) is 18.8. The zero-order valence-electron chi connectivity index (χ0n) is 11.7. The number of isothiocyanates is 1. The van der Waals surface area contributed by atoms with Crippen LogP contribution in [0.3, 0.4) is 0 Å². The Kier molecular flexibility index (Phi) is 7.52. The smallest absolute Gasteiger partial charge is 0.197 e. The number of ether oxygens (including phenoxy) is 1. The molecule has 1 aliphatic heterocycles.